The molecule has 0 fully saturated rings. The van der Waals surface area contributed by atoms with Crippen LogP contribution in [0.25, 0.3) is 22.5 Å². The molecular weight excluding hydrogens is 310 g/mol. The number of pyridine rings is 1. The first-order valence-electron chi connectivity index (χ1n) is 8.59. The van der Waals surface area contributed by atoms with Crippen LogP contribution < -0.4 is 5.56 Å². The summed E-state index contributed by atoms with van der Waals surface area (Å²) in [6, 6.07) is 15.9. The number of H-pyrrole nitrogens is 1. The highest BCUT2D eigenvalue weighted by Gasteiger charge is 2.20. The Labute approximate surface area is 146 Å². The van der Waals surface area contributed by atoms with Gasteiger partial charge in [-0.25, -0.2) is 0 Å². The van der Waals surface area contributed by atoms with Crippen molar-refractivity contribution >= 4 is 0 Å². The van der Waals surface area contributed by atoms with Crippen LogP contribution in [-0.4, -0.2) is 9.55 Å². The van der Waals surface area contributed by atoms with Gasteiger partial charge in [-0.1, -0.05) is 30.3 Å². The molecule has 4 nitrogen and oxygen atoms in total. The molecule has 4 rings (SSSR count). The Hall–Kier alpha value is -3.06. The molecule has 0 aliphatic heterocycles. The number of hydrogen-bond donors (Lipinski definition) is 1. The minimum absolute atomic E-state index is 0.178. The van der Waals surface area contributed by atoms with Gasteiger partial charge >= 0.3 is 0 Å². The Morgan fingerprint density at radius 2 is 1.88 bits per heavy atom. The number of rotatable bonds is 2. The Balaban J connectivity index is 1.96. The van der Waals surface area contributed by atoms with E-state index in [1.54, 1.807) is 0 Å². The number of aryl methyl sites for hydroxylation is 1. The van der Waals surface area contributed by atoms with E-state index in [1.807, 2.05) is 43.4 Å². The molecule has 0 saturated carbocycles. The van der Waals surface area contributed by atoms with E-state index in [2.05, 4.69) is 21.7 Å². The lowest BCUT2D eigenvalue weighted by Gasteiger charge is -2.14. The van der Waals surface area contributed by atoms with Crippen LogP contribution >= 0.6 is 0 Å². The molecule has 1 aliphatic rings. The van der Waals surface area contributed by atoms with Gasteiger partial charge in [-0.2, -0.15) is 5.26 Å². The van der Waals surface area contributed by atoms with Crippen molar-refractivity contribution in [3.8, 4) is 28.6 Å². The molecule has 2 heterocycles. The van der Waals surface area contributed by atoms with Crippen LogP contribution in [0.2, 0.25) is 0 Å². The summed E-state index contributed by atoms with van der Waals surface area (Å²) < 4.78 is 2.15. The highest BCUT2D eigenvalue weighted by molar-refractivity contribution is 5.74. The fourth-order valence-electron chi connectivity index (χ4n) is 3.76. The highest BCUT2D eigenvalue weighted by Crippen LogP contribution is 2.32. The van der Waals surface area contributed by atoms with E-state index < -0.39 is 0 Å². The molecule has 0 atom stereocenters. The lowest BCUT2D eigenvalue weighted by Crippen LogP contribution is -2.13. The number of hydrogen-bond acceptors (Lipinski definition) is 2. The summed E-state index contributed by atoms with van der Waals surface area (Å²) in [7, 11) is 2.03. The first-order valence-corrected chi connectivity index (χ1v) is 8.59. The predicted octanol–water partition coefficient (Wildman–Crippen LogP) is 3.80. The molecular formula is C21H19N3O. The number of nitrogens with zero attached hydrogens (tertiary/aromatic N) is 2. The summed E-state index contributed by atoms with van der Waals surface area (Å²) in [5, 5.41) is 9.54. The Bertz CT molecular complexity index is 1040. The van der Waals surface area contributed by atoms with Crippen molar-refractivity contribution in [2.75, 3.05) is 0 Å². The van der Waals surface area contributed by atoms with Crippen molar-refractivity contribution in [2.45, 2.75) is 25.7 Å². The van der Waals surface area contributed by atoms with Gasteiger partial charge in [0.15, 0.2) is 0 Å². The van der Waals surface area contributed by atoms with E-state index in [4.69, 9.17) is 0 Å². The molecule has 0 radical (unpaired) electrons. The third-order valence-electron chi connectivity index (χ3n) is 5.06. The number of fused-ring (bicyclic) bond motifs is 1. The maximum atomic E-state index is 12.5. The van der Waals surface area contributed by atoms with Gasteiger partial charge in [0.25, 0.3) is 5.56 Å². The molecule has 1 aromatic carbocycles. The van der Waals surface area contributed by atoms with Gasteiger partial charge in [-0.3, -0.25) is 4.79 Å². The quantitative estimate of drug-likeness (QED) is 0.777. The summed E-state index contributed by atoms with van der Waals surface area (Å²) in [6.45, 7) is 0. The minimum Gasteiger partial charge on any atom is -0.347 e. The topological polar surface area (TPSA) is 61.6 Å². The van der Waals surface area contributed by atoms with Gasteiger partial charge in [0.1, 0.15) is 11.6 Å². The maximum Gasteiger partial charge on any atom is 0.267 e. The van der Waals surface area contributed by atoms with Crippen LogP contribution in [0.1, 0.15) is 29.7 Å². The van der Waals surface area contributed by atoms with Crippen LogP contribution in [0.4, 0.5) is 0 Å². The Morgan fingerprint density at radius 1 is 1.12 bits per heavy atom. The third kappa shape index (κ3) is 2.58. The molecule has 0 saturated heterocycles. The van der Waals surface area contributed by atoms with Gasteiger partial charge in [0.05, 0.1) is 0 Å². The molecule has 0 unspecified atom stereocenters. The number of aromatic amines is 1. The molecule has 0 spiro atoms. The van der Waals surface area contributed by atoms with E-state index in [0.29, 0.717) is 5.56 Å². The number of benzene rings is 1. The van der Waals surface area contributed by atoms with E-state index >= 15 is 0 Å². The van der Waals surface area contributed by atoms with Crippen molar-refractivity contribution in [3.05, 3.63) is 69.6 Å². The zero-order chi connectivity index (χ0) is 17.4. The van der Waals surface area contributed by atoms with E-state index in [1.165, 1.54) is 24.1 Å². The largest absolute Gasteiger partial charge is 0.347 e. The van der Waals surface area contributed by atoms with Crippen LogP contribution in [0.15, 0.2) is 47.3 Å². The summed E-state index contributed by atoms with van der Waals surface area (Å²) in [5.74, 6) is 0. The average molecular weight is 329 g/mol. The SMILES string of the molecule is Cn1c(-c2cc(-c3ccccc3)[nH]c(=O)c2C#N)cc2c1CCCC2. The standard InChI is InChI=1S/C21H19N3O/c1-24-19-10-6-5-9-15(19)11-20(24)16-12-18(14-7-3-2-4-8-14)23-21(25)17(16)13-22/h2-4,7-8,11-12H,5-6,9-10H2,1H3,(H,23,25). The van der Waals surface area contributed by atoms with E-state index in [9.17, 15) is 10.1 Å². The first-order chi connectivity index (χ1) is 12.2. The van der Waals surface area contributed by atoms with Gasteiger partial charge in [-0.15, -0.1) is 0 Å². The molecule has 2 aromatic heterocycles. The maximum absolute atomic E-state index is 12.5. The second-order valence-electron chi connectivity index (χ2n) is 6.55. The number of nitriles is 1. The Morgan fingerprint density at radius 3 is 2.60 bits per heavy atom. The molecule has 0 bridgehead atoms. The van der Waals surface area contributed by atoms with Crippen molar-refractivity contribution in [3.63, 3.8) is 0 Å². The zero-order valence-electron chi connectivity index (χ0n) is 14.2. The van der Waals surface area contributed by atoms with E-state index in [-0.39, 0.29) is 11.1 Å². The van der Waals surface area contributed by atoms with Crippen LogP contribution in [0, 0.1) is 11.3 Å². The average Bonchev–Trinajstić information content (AvgIpc) is 2.99. The number of aromatic nitrogens is 2. The molecule has 25 heavy (non-hydrogen) atoms. The monoisotopic (exact) mass is 329 g/mol. The molecule has 0 amide bonds. The lowest BCUT2D eigenvalue weighted by atomic mass is 9.97. The second kappa shape index (κ2) is 6.10. The van der Waals surface area contributed by atoms with Crippen LogP contribution in [0.3, 0.4) is 0 Å². The smallest absolute Gasteiger partial charge is 0.267 e. The zero-order valence-corrected chi connectivity index (χ0v) is 14.2. The first kappa shape index (κ1) is 15.5. The minimum atomic E-state index is -0.335. The van der Waals surface area contributed by atoms with Crippen molar-refractivity contribution < 1.29 is 0 Å². The summed E-state index contributed by atoms with van der Waals surface area (Å²) in [5.41, 5.74) is 5.84. The van der Waals surface area contributed by atoms with Crippen molar-refractivity contribution in [2.24, 2.45) is 7.05 Å². The van der Waals surface area contributed by atoms with Gasteiger partial charge in [0, 0.05) is 29.7 Å². The number of nitrogens with one attached hydrogen (secondary N) is 1. The van der Waals surface area contributed by atoms with Crippen molar-refractivity contribution in [1.82, 2.24) is 9.55 Å². The predicted molar refractivity (Wildman–Crippen MR) is 98.3 cm³/mol. The van der Waals surface area contributed by atoms with Crippen LogP contribution in [0.5, 0.6) is 0 Å². The molecule has 4 heteroatoms. The Kier molecular flexibility index (Phi) is 3.77. The fourth-order valence-corrected chi connectivity index (χ4v) is 3.76. The molecule has 1 aliphatic carbocycles. The van der Waals surface area contributed by atoms with Crippen molar-refractivity contribution in [1.29, 1.82) is 5.26 Å². The molecule has 1 N–H and O–H groups in total. The normalized spacial score (nSPS) is 13.3. The lowest BCUT2D eigenvalue weighted by molar-refractivity contribution is 0.649. The van der Waals surface area contributed by atoms with Gasteiger partial charge < -0.3 is 9.55 Å². The highest BCUT2D eigenvalue weighted by atomic mass is 16.1. The van der Waals surface area contributed by atoms with Crippen LogP contribution in [-0.2, 0) is 19.9 Å². The summed E-state index contributed by atoms with van der Waals surface area (Å²) in [6.07, 6.45) is 4.52. The third-order valence-corrected chi connectivity index (χ3v) is 5.06. The summed E-state index contributed by atoms with van der Waals surface area (Å²) >= 11 is 0. The molecule has 124 valence electrons. The second-order valence-corrected chi connectivity index (χ2v) is 6.55. The molecule has 3 aromatic rings. The fraction of sp³-hybridized carbons (Fsp3) is 0.238. The van der Waals surface area contributed by atoms with Gasteiger partial charge in [-0.05, 0) is 48.9 Å². The summed E-state index contributed by atoms with van der Waals surface area (Å²) in [4.78, 5) is 15.4. The van der Waals surface area contributed by atoms with Gasteiger partial charge in [0.2, 0.25) is 0 Å². The van der Waals surface area contributed by atoms with E-state index in [0.717, 1.165) is 29.8 Å².